The molecule has 2 unspecified atom stereocenters. The lowest BCUT2D eigenvalue weighted by atomic mass is 9.48. The van der Waals surface area contributed by atoms with Crippen LogP contribution in [0.1, 0.15) is 91.2 Å². The van der Waals surface area contributed by atoms with E-state index in [-0.39, 0.29) is 30.4 Å². The molecule has 1 aromatic rings. The first kappa shape index (κ1) is 29.7. The number of likely N-dealkylation sites (tertiary alicyclic amines) is 1. The molecule has 42 heavy (non-hydrogen) atoms. The molecule has 0 amide bonds. The maximum Gasteiger partial charge on any atom is 0.324 e. The normalized spacial score (nSPS) is 32.5. The third-order valence-corrected chi connectivity index (χ3v) is 9.98. The van der Waals surface area contributed by atoms with Crippen molar-refractivity contribution in [3.8, 4) is 11.5 Å². The zero-order valence-corrected chi connectivity index (χ0v) is 26.2. The largest absolute Gasteiger partial charge is 0.504 e. The van der Waals surface area contributed by atoms with Gasteiger partial charge in [0.15, 0.2) is 11.5 Å². The Hall–Kier alpha value is -2.36. The van der Waals surface area contributed by atoms with E-state index < -0.39 is 40.2 Å². The minimum absolute atomic E-state index is 0.137. The molecule has 3 aliphatic carbocycles. The molecule has 2 saturated carbocycles. The van der Waals surface area contributed by atoms with Crippen LogP contribution in [0.25, 0.3) is 0 Å². The van der Waals surface area contributed by atoms with Gasteiger partial charge in [-0.25, -0.2) is 0 Å². The highest BCUT2D eigenvalue weighted by Crippen LogP contribution is 2.66. The molecule has 232 valence electrons. The van der Waals surface area contributed by atoms with Crippen LogP contribution in [-0.4, -0.2) is 83.2 Å². The van der Waals surface area contributed by atoms with Crippen molar-refractivity contribution >= 4 is 11.9 Å². The average Bonchev–Trinajstić information content (AvgIpc) is 3.62. The number of ether oxygens (including phenoxy) is 4. The van der Waals surface area contributed by atoms with Crippen LogP contribution in [0.4, 0.5) is 0 Å². The third kappa shape index (κ3) is 4.89. The molecule has 9 nitrogen and oxygen atoms in total. The van der Waals surface area contributed by atoms with Gasteiger partial charge in [-0.15, -0.1) is 0 Å². The highest BCUT2D eigenvalue weighted by Gasteiger charge is 2.74. The molecular weight excluding hydrogens is 536 g/mol. The first-order chi connectivity index (χ1) is 19.7. The standard InChI is InChI=1S/C33H48N2O7/c1-30(2,3)41-25(37)17-22(29(38)42-31(4,5)6)34-21-12-13-33(39-7)24-16-20-10-11-23(36)27-26(20)32(33,28(21)40-27)14-15-35(24)18-19-8-9-19/h10-11,19,21-22,24,28,34,36H,8-9,12-18H2,1-7H3/t21-,22-,24?,28-,32?,33+/m0/s1. The summed E-state index contributed by atoms with van der Waals surface area (Å²) in [5.41, 5.74) is -0.0817. The zero-order chi connectivity index (χ0) is 30.2. The van der Waals surface area contributed by atoms with Gasteiger partial charge in [0.2, 0.25) is 0 Å². The summed E-state index contributed by atoms with van der Waals surface area (Å²) in [6.45, 7) is 12.9. The Labute approximate surface area is 249 Å². The predicted octanol–water partition coefficient (Wildman–Crippen LogP) is 4.01. The quantitative estimate of drug-likeness (QED) is 0.439. The number of esters is 2. The number of benzene rings is 1. The van der Waals surface area contributed by atoms with E-state index in [4.69, 9.17) is 18.9 Å². The van der Waals surface area contributed by atoms with Crippen molar-refractivity contribution in [1.29, 1.82) is 0 Å². The molecular formula is C33H48N2O7. The van der Waals surface area contributed by atoms with Gasteiger partial charge < -0.3 is 24.1 Å². The molecule has 0 aromatic heterocycles. The molecule has 2 bridgehead atoms. The molecule has 0 radical (unpaired) electrons. The smallest absolute Gasteiger partial charge is 0.324 e. The topological polar surface area (TPSA) is 107 Å². The number of nitrogens with one attached hydrogen (secondary N) is 1. The molecule has 1 aromatic carbocycles. The molecule has 2 heterocycles. The molecule has 1 saturated heterocycles. The molecule has 9 heteroatoms. The van der Waals surface area contributed by atoms with Gasteiger partial charge in [-0.2, -0.15) is 0 Å². The van der Waals surface area contributed by atoms with Crippen molar-refractivity contribution in [1.82, 2.24) is 10.2 Å². The second-order valence-corrected chi connectivity index (χ2v) is 15.1. The van der Waals surface area contributed by atoms with E-state index in [2.05, 4.69) is 16.3 Å². The Balaban J connectivity index is 1.36. The van der Waals surface area contributed by atoms with Crippen molar-refractivity contribution in [3.05, 3.63) is 23.3 Å². The van der Waals surface area contributed by atoms with Crippen molar-refractivity contribution in [2.75, 3.05) is 20.2 Å². The van der Waals surface area contributed by atoms with E-state index in [1.54, 1.807) is 6.07 Å². The summed E-state index contributed by atoms with van der Waals surface area (Å²) >= 11 is 0. The Morgan fingerprint density at radius 1 is 1.10 bits per heavy atom. The summed E-state index contributed by atoms with van der Waals surface area (Å²) in [6.07, 6.45) is 5.20. The van der Waals surface area contributed by atoms with E-state index >= 15 is 0 Å². The van der Waals surface area contributed by atoms with Gasteiger partial charge >= 0.3 is 11.9 Å². The summed E-state index contributed by atoms with van der Waals surface area (Å²) in [6, 6.07) is 2.82. The van der Waals surface area contributed by atoms with E-state index in [0.717, 1.165) is 43.8 Å². The van der Waals surface area contributed by atoms with Gasteiger partial charge in [0.05, 0.1) is 17.4 Å². The first-order valence-electron chi connectivity index (χ1n) is 15.7. The van der Waals surface area contributed by atoms with Crippen LogP contribution in [0.15, 0.2) is 12.1 Å². The Kier molecular flexibility index (Phi) is 7.14. The lowest BCUT2D eigenvalue weighted by molar-refractivity contribution is -0.208. The number of phenolic OH excluding ortho intramolecular Hbond substituents is 1. The average molecular weight is 585 g/mol. The Bertz CT molecular complexity index is 1250. The molecule has 6 rings (SSSR count). The zero-order valence-electron chi connectivity index (χ0n) is 26.2. The number of nitrogens with zero attached hydrogens (tertiary/aromatic N) is 1. The monoisotopic (exact) mass is 584 g/mol. The lowest BCUT2D eigenvalue weighted by Gasteiger charge is -2.65. The summed E-state index contributed by atoms with van der Waals surface area (Å²) in [5, 5.41) is 14.5. The van der Waals surface area contributed by atoms with Crippen molar-refractivity contribution < 1.29 is 33.6 Å². The highest BCUT2D eigenvalue weighted by atomic mass is 16.6. The summed E-state index contributed by atoms with van der Waals surface area (Å²) in [5.74, 6) is 0.489. The number of methoxy groups -OCH3 is 1. The van der Waals surface area contributed by atoms with Crippen LogP contribution in [0.5, 0.6) is 11.5 Å². The SMILES string of the molecule is CO[C@@]12CC[C@H](N[C@@H](CC(=O)OC(C)(C)C)C(=O)OC(C)(C)C)[C@@H]3Oc4c(O)ccc5c4C31CCN(CC1CC1)C2C5. The first-order valence-corrected chi connectivity index (χ1v) is 15.7. The second-order valence-electron chi connectivity index (χ2n) is 15.1. The van der Waals surface area contributed by atoms with Gasteiger partial charge in [0, 0.05) is 31.3 Å². The third-order valence-electron chi connectivity index (χ3n) is 9.98. The van der Waals surface area contributed by atoms with Crippen molar-refractivity contribution in [2.45, 2.75) is 133 Å². The number of hydrogen-bond donors (Lipinski definition) is 2. The van der Waals surface area contributed by atoms with Crippen LogP contribution in [0.2, 0.25) is 0 Å². The minimum Gasteiger partial charge on any atom is -0.504 e. The van der Waals surface area contributed by atoms with Gasteiger partial charge in [-0.1, -0.05) is 6.07 Å². The van der Waals surface area contributed by atoms with Gasteiger partial charge in [0.25, 0.3) is 0 Å². The molecule has 2 N–H and O–H groups in total. The summed E-state index contributed by atoms with van der Waals surface area (Å²) in [4.78, 5) is 29.1. The molecule has 5 aliphatic rings. The number of rotatable bonds is 8. The van der Waals surface area contributed by atoms with E-state index in [9.17, 15) is 14.7 Å². The molecule has 6 atom stereocenters. The Morgan fingerprint density at radius 3 is 2.45 bits per heavy atom. The number of phenols is 1. The van der Waals surface area contributed by atoms with E-state index in [0.29, 0.717) is 12.2 Å². The van der Waals surface area contributed by atoms with Gasteiger partial charge in [-0.05, 0) is 104 Å². The summed E-state index contributed by atoms with van der Waals surface area (Å²) < 4.78 is 24.8. The van der Waals surface area contributed by atoms with Gasteiger partial charge in [0.1, 0.15) is 23.3 Å². The number of hydrogen-bond acceptors (Lipinski definition) is 9. The number of aromatic hydroxyl groups is 1. The highest BCUT2D eigenvalue weighted by molar-refractivity contribution is 5.83. The van der Waals surface area contributed by atoms with Gasteiger partial charge in [-0.3, -0.25) is 19.8 Å². The molecule has 2 aliphatic heterocycles. The maximum atomic E-state index is 13.5. The summed E-state index contributed by atoms with van der Waals surface area (Å²) in [7, 11) is 1.83. The second kappa shape index (κ2) is 10.1. The lowest BCUT2D eigenvalue weighted by Crippen LogP contribution is -2.79. The fourth-order valence-corrected chi connectivity index (χ4v) is 8.43. The van der Waals surface area contributed by atoms with Crippen LogP contribution >= 0.6 is 0 Å². The van der Waals surface area contributed by atoms with E-state index in [1.165, 1.54) is 18.4 Å². The predicted molar refractivity (Wildman–Crippen MR) is 157 cm³/mol. The van der Waals surface area contributed by atoms with E-state index in [1.807, 2.05) is 48.7 Å². The van der Waals surface area contributed by atoms with Crippen LogP contribution in [0.3, 0.4) is 0 Å². The van der Waals surface area contributed by atoms with Crippen LogP contribution in [-0.2, 0) is 35.6 Å². The van der Waals surface area contributed by atoms with Crippen molar-refractivity contribution in [3.63, 3.8) is 0 Å². The number of piperidine rings is 1. The van der Waals surface area contributed by atoms with Crippen LogP contribution < -0.4 is 10.1 Å². The fourth-order valence-electron chi connectivity index (χ4n) is 8.43. The maximum absolute atomic E-state index is 13.5. The molecule has 3 fully saturated rings. The number of carbonyl (C=O) groups is 2. The minimum atomic E-state index is -0.912. The van der Waals surface area contributed by atoms with Crippen molar-refractivity contribution in [2.24, 2.45) is 5.92 Å². The molecule has 1 spiro atoms. The number of carbonyl (C=O) groups excluding carboxylic acids is 2. The van der Waals surface area contributed by atoms with Crippen LogP contribution in [0, 0.1) is 5.92 Å². The fraction of sp³-hybridized carbons (Fsp3) is 0.758. The Morgan fingerprint density at radius 2 is 1.81 bits per heavy atom.